The minimum Gasteiger partial charge on any atom is -0.438 e. The average molecular weight is 156 g/mol. The average Bonchev–Trinajstić information content (AvgIpc) is 2.36. The summed E-state index contributed by atoms with van der Waals surface area (Å²) < 4.78 is 4.88. The SMILES string of the molecule is Clc1ncnc2ncoc12. The molecule has 0 aromatic carbocycles. The number of fused-ring (bicyclic) bond motifs is 1. The van der Waals surface area contributed by atoms with Gasteiger partial charge >= 0.3 is 0 Å². The lowest BCUT2D eigenvalue weighted by Crippen LogP contribution is -1.79. The van der Waals surface area contributed by atoms with Gasteiger partial charge in [0.1, 0.15) is 6.33 Å². The molecule has 10 heavy (non-hydrogen) atoms. The summed E-state index contributed by atoms with van der Waals surface area (Å²) in [4.78, 5) is 11.3. The van der Waals surface area contributed by atoms with Crippen LogP contribution < -0.4 is 0 Å². The highest BCUT2D eigenvalue weighted by Crippen LogP contribution is 2.16. The largest absolute Gasteiger partial charge is 0.438 e. The third-order valence-electron chi connectivity index (χ3n) is 1.09. The zero-order valence-corrected chi connectivity index (χ0v) is 5.54. The molecule has 5 heteroatoms. The van der Waals surface area contributed by atoms with E-state index in [0.29, 0.717) is 16.4 Å². The van der Waals surface area contributed by atoms with E-state index in [4.69, 9.17) is 16.0 Å². The maximum Gasteiger partial charge on any atom is 0.210 e. The summed E-state index contributed by atoms with van der Waals surface area (Å²) in [7, 11) is 0. The van der Waals surface area contributed by atoms with Crippen molar-refractivity contribution in [2.75, 3.05) is 0 Å². The number of halogens is 1. The van der Waals surface area contributed by atoms with E-state index in [1.165, 1.54) is 12.7 Å². The standard InChI is InChI=1S/C5H2ClN3O/c6-4-3-5(8-1-7-4)9-2-10-3/h1-2H. The fourth-order valence-electron chi connectivity index (χ4n) is 0.666. The highest BCUT2D eigenvalue weighted by Gasteiger charge is 2.03. The monoisotopic (exact) mass is 155 g/mol. The fraction of sp³-hybridized carbons (Fsp3) is 0. The van der Waals surface area contributed by atoms with Crippen molar-refractivity contribution in [2.24, 2.45) is 0 Å². The molecule has 0 aliphatic carbocycles. The maximum absolute atomic E-state index is 5.61. The van der Waals surface area contributed by atoms with Crippen LogP contribution in [0, 0.1) is 0 Å². The molecule has 0 atom stereocenters. The molecular formula is C5H2ClN3O. The maximum atomic E-state index is 5.61. The lowest BCUT2D eigenvalue weighted by Gasteiger charge is -1.85. The van der Waals surface area contributed by atoms with Gasteiger partial charge in [-0.1, -0.05) is 11.6 Å². The van der Waals surface area contributed by atoms with Gasteiger partial charge in [-0.05, 0) is 0 Å². The van der Waals surface area contributed by atoms with Crippen LogP contribution in [0.15, 0.2) is 17.1 Å². The van der Waals surface area contributed by atoms with Gasteiger partial charge in [0.15, 0.2) is 11.5 Å². The second-order valence-electron chi connectivity index (χ2n) is 1.67. The Kier molecular flexibility index (Phi) is 1.07. The highest BCUT2D eigenvalue weighted by molar-refractivity contribution is 6.33. The molecule has 0 unspecified atom stereocenters. The zero-order chi connectivity index (χ0) is 6.97. The van der Waals surface area contributed by atoms with Crippen molar-refractivity contribution >= 4 is 22.8 Å². The smallest absolute Gasteiger partial charge is 0.210 e. The fourth-order valence-corrected chi connectivity index (χ4v) is 0.839. The number of rotatable bonds is 0. The zero-order valence-electron chi connectivity index (χ0n) is 4.78. The van der Waals surface area contributed by atoms with Crippen molar-refractivity contribution < 1.29 is 4.42 Å². The van der Waals surface area contributed by atoms with Crippen molar-refractivity contribution in [3.63, 3.8) is 0 Å². The van der Waals surface area contributed by atoms with Crippen molar-refractivity contribution in [1.29, 1.82) is 0 Å². The Morgan fingerprint density at radius 3 is 3.00 bits per heavy atom. The second-order valence-corrected chi connectivity index (χ2v) is 2.03. The minimum absolute atomic E-state index is 0.294. The molecule has 0 spiro atoms. The van der Waals surface area contributed by atoms with Crippen LogP contribution in [-0.4, -0.2) is 15.0 Å². The Morgan fingerprint density at radius 2 is 2.20 bits per heavy atom. The molecule has 0 bridgehead atoms. The number of nitrogens with zero attached hydrogens (tertiary/aromatic N) is 3. The molecule has 0 aliphatic heterocycles. The molecule has 0 saturated heterocycles. The van der Waals surface area contributed by atoms with Crippen LogP contribution in [0.5, 0.6) is 0 Å². The Hall–Kier alpha value is -1.16. The van der Waals surface area contributed by atoms with E-state index in [1.807, 2.05) is 0 Å². The molecule has 2 aromatic heterocycles. The van der Waals surface area contributed by atoms with Crippen LogP contribution in [0.1, 0.15) is 0 Å². The van der Waals surface area contributed by atoms with Gasteiger partial charge in [-0.25, -0.2) is 9.97 Å². The Labute approximate surface area is 60.9 Å². The summed E-state index contributed by atoms with van der Waals surface area (Å²) in [5.41, 5.74) is 0.921. The molecule has 2 aromatic rings. The van der Waals surface area contributed by atoms with Crippen LogP contribution >= 0.6 is 11.6 Å². The lowest BCUT2D eigenvalue weighted by molar-refractivity contribution is 0.600. The van der Waals surface area contributed by atoms with E-state index in [-0.39, 0.29) is 0 Å². The molecule has 2 heterocycles. The van der Waals surface area contributed by atoms with Crippen LogP contribution in [0.3, 0.4) is 0 Å². The summed E-state index contributed by atoms with van der Waals surface area (Å²) in [5, 5.41) is 0.294. The third-order valence-corrected chi connectivity index (χ3v) is 1.36. The van der Waals surface area contributed by atoms with Crippen molar-refractivity contribution in [3.8, 4) is 0 Å². The normalized spacial score (nSPS) is 10.5. The topological polar surface area (TPSA) is 51.8 Å². The minimum atomic E-state index is 0.294. The van der Waals surface area contributed by atoms with E-state index < -0.39 is 0 Å². The first-order valence-electron chi connectivity index (χ1n) is 2.57. The molecule has 0 fully saturated rings. The van der Waals surface area contributed by atoms with Crippen LogP contribution in [0.2, 0.25) is 5.15 Å². The van der Waals surface area contributed by atoms with E-state index >= 15 is 0 Å². The van der Waals surface area contributed by atoms with E-state index in [1.54, 1.807) is 0 Å². The molecule has 0 radical (unpaired) electrons. The van der Waals surface area contributed by atoms with Gasteiger partial charge in [0.2, 0.25) is 11.2 Å². The quantitative estimate of drug-likeness (QED) is 0.538. The van der Waals surface area contributed by atoms with Gasteiger partial charge in [-0.3, -0.25) is 0 Å². The van der Waals surface area contributed by atoms with Gasteiger partial charge in [0.05, 0.1) is 0 Å². The van der Waals surface area contributed by atoms with Gasteiger partial charge < -0.3 is 4.42 Å². The molecule has 0 amide bonds. The molecular weight excluding hydrogens is 154 g/mol. The van der Waals surface area contributed by atoms with Gasteiger partial charge in [0, 0.05) is 0 Å². The van der Waals surface area contributed by atoms with Crippen LogP contribution in [0.25, 0.3) is 11.2 Å². The summed E-state index contributed by atoms with van der Waals surface area (Å²) in [6.07, 6.45) is 2.62. The van der Waals surface area contributed by atoms with Crippen LogP contribution in [-0.2, 0) is 0 Å². The Morgan fingerprint density at radius 1 is 1.30 bits per heavy atom. The predicted molar refractivity (Wildman–Crippen MR) is 34.6 cm³/mol. The first-order valence-corrected chi connectivity index (χ1v) is 2.95. The van der Waals surface area contributed by atoms with Crippen molar-refractivity contribution in [2.45, 2.75) is 0 Å². The summed E-state index contributed by atoms with van der Waals surface area (Å²) in [6.45, 7) is 0. The number of hydrogen-bond donors (Lipinski definition) is 0. The second kappa shape index (κ2) is 1.91. The Bertz CT molecular complexity index is 358. The van der Waals surface area contributed by atoms with Crippen molar-refractivity contribution in [1.82, 2.24) is 15.0 Å². The number of hydrogen-bond acceptors (Lipinski definition) is 4. The first-order chi connectivity index (χ1) is 4.88. The predicted octanol–water partition coefficient (Wildman–Crippen LogP) is 1.27. The first kappa shape index (κ1) is 5.61. The molecule has 50 valence electrons. The summed E-state index contributed by atoms with van der Waals surface area (Å²) >= 11 is 5.61. The number of aromatic nitrogens is 3. The van der Waals surface area contributed by atoms with Crippen LogP contribution in [0.4, 0.5) is 0 Å². The molecule has 0 saturated carbocycles. The van der Waals surface area contributed by atoms with E-state index in [9.17, 15) is 0 Å². The molecule has 4 nitrogen and oxygen atoms in total. The van der Waals surface area contributed by atoms with Gasteiger partial charge in [-0.15, -0.1) is 0 Å². The third kappa shape index (κ3) is 0.657. The lowest BCUT2D eigenvalue weighted by atomic mass is 10.6. The summed E-state index contributed by atoms with van der Waals surface area (Å²) in [6, 6.07) is 0. The highest BCUT2D eigenvalue weighted by atomic mass is 35.5. The van der Waals surface area contributed by atoms with Gasteiger partial charge in [-0.2, -0.15) is 4.98 Å². The Balaban J connectivity index is 2.95. The summed E-state index contributed by atoms with van der Waals surface area (Å²) in [5.74, 6) is 0. The van der Waals surface area contributed by atoms with Crippen molar-refractivity contribution in [3.05, 3.63) is 17.9 Å². The van der Waals surface area contributed by atoms with E-state index in [2.05, 4.69) is 15.0 Å². The number of oxazole rings is 1. The van der Waals surface area contributed by atoms with Gasteiger partial charge in [0.25, 0.3) is 0 Å². The molecule has 0 aliphatic rings. The van der Waals surface area contributed by atoms with E-state index in [0.717, 1.165) is 0 Å². The molecule has 2 rings (SSSR count). The molecule has 0 N–H and O–H groups in total.